The molecule has 0 saturated carbocycles. The molecule has 3 nitrogen and oxygen atoms in total. The van der Waals surface area contributed by atoms with Gasteiger partial charge < -0.3 is 0 Å². The average molecular weight is 423 g/mol. The Morgan fingerprint density at radius 3 is 2.35 bits per heavy atom. The number of carbonyl (C=O) groups is 3. The zero-order valence-electron chi connectivity index (χ0n) is 19.7. The largest absolute Gasteiger partial charge is 0.300 e. The van der Waals surface area contributed by atoms with E-state index >= 15 is 0 Å². The number of rotatable bonds is 9. The van der Waals surface area contributed by atoms with Crippen molar-refractivity contribution in [3.63, 3.8) is 0 Å². The number of ketones is 3. The van der Waals surface area contributed by atoms with Gasteiger partial charge in [0, 0.05) is 17.9 Å². The first-order valence-electron chi connectivity index (χ1n) is 11.8. The summed E-state index contributed by atoms with van der Waals surface area (Å²) in [5, 5.41) is 0. The molecule has 3 heteroatoms. The third-order valence-corrected chi connectivity index (χ3v) is 6.42. The van der Waals surface area contributed by atoms with Crippen LogP contribution in [0.5, 0.6) is 0 Å². The molecule has 0 spiro atoms. The van der Waals surface area contributed by atoms with Crippen LogP contribution in [0.3, 0.4) is 0 Å². The molecule has 0 fully saturated rings. The molecular weight excluding hydrogens is 384 g/mol. The van der Waals surface area contributed by atoms with E-state index in [9.17, 15) is 14.4 Å². The van der Waals surface area contributed by atoms with Crippen LogP contribution in [0.1, 0.15) is 87.2 Å². The summed E-state index contributed by atoms with van der Waals surface area (Å²) in [5.41, 5.74) is 3.14. The van der Waals surface area contributed by atoms with Crippen LogP contribution in [0.4, 0.5) is 0 Å². The van der Waals surface area contributed by atoms with Crippen molar-refractivity contribution >= 4 is 17.3 Å². The molecule has 2 aliphatic rings. The standard InChI is InChI=1S/C23H32O3.C5H6/c1-5-8-18(20(6-2)21(25)11-16(4)24)12-17-13-19-10-7-9-15(3)23(19)22(26)14-17;1-2-4-5-3-1/h7,9-10,17-18,20H,5-6,8,11-14H2,1-4H3;1-4H,5H2. The smallest absolute Gasteiger partial charge is 0.163 e. The third kappa shape index (κ3) is 7.41. The van der Waals surface area contributed by atoms with E-state index in [1.165, 1.54) is 6.92 Å². The molecule has 0 radical (unpaired) electrons. The first-order chi connectivity index (χ1) is 14.9. The van der Waals surface area contributed by atoms with Crippen LogP contribution in [0, 0.1) is 24.7 Å². The molecule has 0 aromatic heterocycles. The summed E-state index contributed by atoms with van der Waals surface area (Å²) >= 11 is 0. The van der Waals surface area contributed by atoms with Crippen LogP contribution in [-0.2, 0) is 16.0 Å². The molecule has 0 bridgehead atoms. The second-order valence-electron chi connectivity index (χ2n) is 9.04. The minimum atomic E-state index is -0.0622. The van der Waals surface area contributed by atoms with E-state index in [1.54, 1.807) is 0 Å². The van der Waals surface area contributed by atoms with Crippen molar-refractivity contribution in [3.05, 3.63) is 59.2 Å². The Balaban J connectivity index is 0.000000597. The monoisotopic (exact) mass is 422 g/mol. The molecular formula is C28H38O3. The number of aryl methyl sites for hydroxylation is 1. The number of Topliss-reactive ketones (excluding diaryl/α,β-unsaturated/α-hetero) is 3. The van der Waals surface area contributed by atoms with Crippen LogP contribution in [-0.4, -0.2) is 17.3 Å². The number of benzene rings is 1. The van der Waals surface area contributed by atoms with Gasteiger partial charge in [0.2, 0.25) is 0 Å². The number of hydrogen-bond acceptors (Lipinski definition) is 3. The van der Waals surface area contributed by atoms with Gasteiger partial charge in [0.05, 0.1) is 6.42 Å². The summed E-state index contributed by atoms with van der Waals surface area (Å²) in [6.07, 6.45) is 14.7. The molecule has 0 N–H and O–H groups in total. The van der Waals surface area contributed by atoms with Crippen LogP contribution < -0.4 is 0 Å². The Labute approximate surface area is 188 Å². The van der Waals surface area contributed by atoms with E-state index in [-0.39, 0.29) is 35.6 Å². The maximum Gasteiger partial charge on any atom is 0.163 e. The van der Waals surface area contributed by atoms with Gasteiger partial charge in [-0.05, 0) is 62.5 Å². The predicted molar refractivity (Wildman–Crippen MR) is 127 cm³/mol. The zero-order chi connectivity index (χ0) is 22.8. The van der Waals surface area contributed by atoms with Gasteiger partial charge in [-0.2, -0.15) is 0 Å². The molecule has 0 amide bonds. The van der Waals surface area contributed by atoms with Gasteiger partial charge in [0.25, 0.3) is 0 Å². The van der Waals surface area contributed by atoms with Crippen LogP contribution in [0.2, 0.25) is 0 Å². The fourth-order valence-corrected chi connectivity index (χ4v) is 5.09. The van der Waals surface area contributed by atoms with Gasteiger partial charge in [0.15, 0.2) is 5.78 Å². The summed E-state index contributed by atoms with van der Waals surface area (Å²) in [5.74, 6) is 0.770. The fourth-order valence-electron chi connectivity index (χ4n) is 5.09. The number of carbonyl (C=O) groups excluding carboxylic acids is 3. The van der Waals surface area contributed by atoms with Crippen molar-refractivity contribution in [2.45, 2.75) is 79.1 Å². The normalized spacial score (nSPS) is 18.7. The second kappa shape index (κ2) is 12.5. The minimum Gasteiger partial charge on any atom is -0.300 e. The Bertz CT molecular complexity index is 821. The molecule has 0 heterocycles. The first kappa shape index (κ1) is 25.0. The van der Waals surface area contributed by atoms with Gasteiger partial charge in [-0.15, -0.1) is 0 Å². The molecule has 168 valence electrons. The van der Waals surface area contributed by atoms with Crippen molar-refractivity contribution in [1.29, 1.82) is 0 Å². The molecule has 3 unspecified atom stereocenters. The molecule has 31 heavy (non-hydrogen) atoms. The summed E-state index contributed by atoms with van der Waals surface area (Å²) in [7, 11) is 0. The Hall–Kier alpha value is -2.29. The fraction of sp³-hybridized carbons (Fsp3) is 0.536. The maximum atomic E-state index is 12.7. The average Bonchev–Trinajstić information content (AvgIpc) is 3.28. The number of allylic oxidation sites excluding steroid dienone is 4. The molecule has 3 rings (SSSR count). The van der Waals surface area contributed by atoms with E-state index in [4.69, 9.17) is 0 Å². The lowest BCUT2D eigenvalue weighted by Gasteiger charge is -2.31. The highest BCUT2D eigenvalue weighted by molar-refractivity contribution is 6.00. The van der Waals surface area contributed by atoms with Crippen molar-refractivity contribution in [2.24, 2.45) is 17.8 Å². The van der Waals surface area contributed by atoms with Crippen LogP contribution >= 0.6 is 0 Å². The molecule has 1 aromatic carbocycles. The quantitative estimate of drug-likeness (QED) is 0.420. The lowest BCUT2D eigenvalue weighted by atomic mass is 9.72. The molecule has 0 aliphatic heterocycles. The first-order valence-corrected chi connectivity index (χ1v) is 11.8. The van der Waals surface area contributed by atoms with Gasteiger partial charge in [-0.25, -0.2) is 0 Å². The third-order valence-electron chi connectivity index (χ3n) is 6.42. The second-order valence-corrected chi connectivity index (χ2v) is 9.04. The lowest BCUT2D eigenvalue weighted by Crippen LogP contribution is -2.29. The van der Waals surface area contributed by atoms with Crippen LogP contribution in [0.15, 0.2) is 42.5 Å². The molecule has 1 aromatic rings. The number of hydrogen-bond donors (Lipinski definition) is 0. The van der Waals surface area contributed by atoms with Crippen molar-refractivity contribution < 1.29 is 14.4 Å². The van der Waals surface area contributed by atoms with Gasteiger partial charge >= 0.3 is 0 Å². The maximum absolute atomic E-state index is 12.7. The SMILES string of the molecule is C1=CCC=C1.CCCC(CC1CC(=O)c2c(C)cccc2C1)C(CC)C(=O)CC(C)=O. The molecule has 3 atom stereocenters. The Kier molecular flexibility index (Phi) is 10.1. The minimum absolute atomic E-state index is 0.0460. The van der Waals surface area contributed by atoms with E-state index < -0.39 is 0 Å². The highest BCUT2D eigenvalue weighted by Gasteiger charge is 2.32. The van der Waals surface area contributed by atoms with Gasteiger partial charge in [-0.1, -0.05) is 69.2 Å². The Morgan fingerprint density at radius 2 is 1.81 bits per heavy atom. The lowest BCUT2D eigenvalue weighted by molar-refractivity contribution is -0.129. The van der Waals surface area contributed by atoms with Gasteiger partial charge in [0.1, 0.15) is 11.6 Å². The number of fused-ring (bicyclic) bond motifs is 1. The topological polar surface area (TPSA) is 51.2 Å². The highest BCUT2D eigenvalue weighted by atomic mass is 16.1. The van der Waals surface area contributed by atoms with E-state index in [0.717, 1.165) is 55.2 Å². The van der Waals surface area contributed by atoms with Crippen LogP contribution in [0.25, 0.3) is 0 Å². The van der Waals surface area contributed by atoms with Crippen molar-refractivity contribution in [3.8, 4) is 0 Å². The zero-order valence-corrected chi connectivity index (χ0v) is 19.7. The van der Waals surface area contributed by atoms with Gasteiger partial charge in [-0.3, -0.25) is 14.4 Å². The van der Waals surface area contributed by atoms with E-state index in [0.29, 0.717) is 12.3 Å². The predicted octanol–water partition coefficient (Wildman–Crippen LogP) is 6.62. The van der Waals surface area contributed by atoms with Crippen molar-refractivity contribution in [2.75, 3.05) is 0 Å². The van der Waals surface area contributed by atoms with Crippen molar-refractivity contribution in [1.82, 2.24) is 0 Å². The molecule has 0 saturated heterocycles. The summed E-state index contributed by atoms with van der Waals surface area (Å²) in [6.45, 7) is 7.67. The highest BCUT2D eigenvalue weighted by Crippen LogP contribution is 2.36. The Morgan fingerprint density at radius 1 is 1.10 bits per heavy atom. The van der Waals surface area contributed by atoms with E-state index in [2.05, 4.69) is 37.3 Å². The van der Waals surface area contributed by atoms with E-state index in [1.807, 2.05) is 26.0 Å². The molecule has 2 aliphatic carbocycles. The summed E-state index contributed by atoms with van der Waals surface area (Å²) < 4.78 is 0. The summed E-state index contributed by atoms with van der Waals surface area (Å²) in [6, 6.07) is 6.10. The summed E-state index contributed by atoms with van der Waals surface area (Å²) in [4.78, 5) is 36.6.